The molecule has 2 amide bonds. The van der Waals surface area contributed by atoms with Crippen LogP contribution in [-0.4, -0.2) is 57.6 Å². The molecule has 0 aromatic heterocycles. The average molecular weight is 496 g/mol. The zero-order chi connectivity index (χ0) is 24.6. The minimum absolute atomic E-state index is 0.106. The van der Waals surface area contributed by atoms with Gasteiger partial charge in [0.25, 0.3) is 0 Å². The number of hydrogen-bond donors (Lipinski definition) is 1. The van der Waals surface area contributed by atoms with Gasteiger partial charge >= 0.3 is 0 Å². The van der Waals surface area contributed by atoms with Crippen molar-refractivity contribution >= 4 is 39.1 Å². The van der Waals surface area contributed by atoms with Crippen molar-refractivity contribution in [2.75, 3.05) is 30.8 Å². The molecule has 0 fully saturated rings. The molecule has 1 N–H and O–H groups in total. The van der Waals surface area contributed by atoms with Crippen LogP contribution in [0.1, 0.15) is 25.8 Å². The van der Waals surface area contributed by atoms with Gasteiger partial charge in [-0.2, -0.15) is 0 Å². The van der Waals surface area contributed by atoms with Crippen molar-refractivity contribution in [3.63, 3.8) is 0 Å². The Balaban J connectivity index is 2.37. The second-order valence-corrected chi connectivity index (χ2v) is 9.93. The molecule has 0 spiro atoms. The van der Waals surface area contributed by atoms with E-state index in [0.29, 0.717) is 23.0 Å². The molecular formula is C23H30ClN3O5S. The van der Waals surface area contributed by atoms with Gasteiger partial charge in [-0.15, -0.1) is 0 Å². The fourth-order valence-corrected chi connectivity index (χ4v) is 4.14. The lowest BCUT2D eigenvalue weighted by atomic mass is 10.1. The molecule has 2 aromatic carbocycles. The smallest absolute Gasteiger partial charge is 0.244 e. The van der Waals surface area contributed by atoms with Crippen molar-refractivity contribution in [3.05, 3.63) is 59.1 Å². The molecule has 0 saturated heterocycles. The van der Waals surface area contributed by atoms with Crippen molar-refractivity contribution in [2.24, 2.45) is 0 Å². The van der Waals surface area contributed by atoms with Gasteiger partial charge in [-0.25, -0.2) is 8.42 Å². The molecule has 0 aliphatic rings. The minimum atomic E-state index is -3.78. The van der Waals surface area contributed by atoms with Crippen LogP contribution in [0.25, 0.3) is 0 Å². The molecule has 1 unspecified atom stereocenters. The predicted octanol–water partition coefficient (Wildman–Crippen LogP) is 3.06. The predicted molar refractivity (Wildman–Crippen MR) is 130 cm³/mol. The van der Waals surface area contributed by atoms with Crippen LogP contribution in [0.5, 0.6) is 5.75 Å². The summed E-state index contributed by atoms with van der Waals surface area (Å²) in [5, 5.41) is 3.24. The van der Waals surface area contributed by atoms with E-state index in [2.05, 4.69) is 5.32 Å². The maximum atomic E-state index is 13.4. The van der Waals surface area contributed by atoms with E-state index in [1.54, 1.807) is 44.4 Å². The second kappa shape index (κ2) is 11.9. The topological polar surface area (TPSA) is 96.0 Å². The van der Waals surface area contributed by atoms with E-state index in [4.69, 9.17) is 16.3 Å². The third-order valence-electron chi connectivity index (χ3n) is 5.00. The molecule has 2 aromatic rings. The highest BCUT2D eigenvalue weighted by Crippen LogP contribution is 2.22. The lowest BCUT2D eigenvalue weighted by Gasteiger charge is -2.31. The third kappa shape index (κ3) is 7.64. The number of nitrogens with zero attached hydrogens (tertiary/aromatic N) is 2. The Labute approximate surface area is 200 Å². The SMILES string of the molecule is CCCNC(=O)C(C)N(Cc1cccc(OC)c1)C(=O)CN(c1ccc(Cl)cc1)S(C)(=O)=O. The Morgan fingerprint density at radius 2 is 1.82 bits per heavy atom. The van der Waals surface area contributed by atoms with Gasteiger partial charge in [0.15, 0.2) is 0 Å². The summed E-state index contributed by atoms with van der Waals surface area (Å²) < 4.78 is 31.2. The van der Waals surface area contributed by atoms with E-state index < -0.39 is 28.5 Å². The number of amides is 2. The summed E-state index contributed by atoms with van der Waals surface area (Å²) in [5.41, 5.74) is 1.05. The lowest BCUT2D eigenvalue weighted by Crippen LogP contribution is -2.51. The Morgan fingerprint density at radius 1 is 1.15 bits per heavy atom. The first kappa shape index (κ1) is 26.5. The summed E-state index contributed by atoms with van der Waals surface area (Å²) in [4.78, 5) is 27.4. The minimum Gasteiger partial charge on any atom is -0.497 e. The van der Waals surface area contributed by atoms with E-state index in [1.165, 1.54) is 17.0 Å². The summed E-state index contributed by atoms with van der Waals surface area (Å²) in [6.07, 6.45) is 1.78. The monoisotopic (exact) mass is 495 g/mol. The number of benzene rings is 2. The van der Waals surface area contributed by atoms with Crippen LogP contribution in [0.2, 0.25) is 5.02 Å². The standard InChI is InChI=1S/C23H30ClN3O5S/c1-5-13-25-23(29)17(2)26(15-18-7-6-8-21(14-18)32-3)22(28)16-27(33(4,30)31)20-11-9-19(24)10-12-20/h6-12,14,17H,5,13,15-16H2,1-4H3,(H,25,29). The quantitative estimate of drug-likeness (QED) is 0.517. The molecule has 180 valence electrons. The molecule has 33 heavy (non-hydrogen) atoms. The number of ether oxygens (including phenoxy) is 1. The van der Waals surface area contributed by atoms with Gasteiger partial charge in [-0.3, -0.25) is 13.9 Å². The molecule has 0 saturated carbocycles. The van der Waals surface area contributed by atoms with Gasteiger partial charge in [0.2, 0.25) is 21.8 Å². The first-order valence-corrected chi connectivity index (χ1v) is 12.7. The zero-order valence-corrected chi connectivity index (χ0v) is 20.8. The lowest BCUT2D eigenvalue weighted by molar-refractivity contribution is -0.139. The molecule has 0 aliphatic carbocycles. The van der Waals surface area contributed by atoms with Crippen molar-refractivity contribution in [1.82, 2.24) is 10.2 Å². The van der Waals surface area contributed by atoms with Crippen LogP contribution in [0.4, 0.5) is 5.69 Å². The van der Waals surface area contributed by atoms with Gasteiger partial charge < -0.3 is 15.0 Å². The number of anilines is 1. The fourth-order valence-electron chi connectivity index (χ4n) is 3.17. The third-order valence-corrected chi connectivity index (χ3v) is 6.39. The van der Waals surface area contributed by atoms with Gasteiger partial charge in [-0.1, -0.05) is 30.7 Å². The average Bonchev–Trinajstić information content (AvgIpc) is 2.79. The first-order chi connectivity index (χ1) is 15.6. The highest BCUT2D eigenvalue weighted by atomic mass is 35.5. The van der Waals surface area contributed by atoms with Crippen LogP contribution in [-0.2, 0) is 26.2 Å². The summed E-state index contributed by atoms with van der Waals surface area (Å²) in [6, 6.07) is 12.5. The molecule has 8 nitrogen and oxygen atoms in total. The normalized spacial score (nSPS) is 12.0. The summed E-state index contributed by atoms with van der Waals surface area (Å²) in [7, 11) is -2.24. The summed E-state index contributed by atoms with van der Waals surface area (Å²) >= 11 is 5.92. The van der Waals surface area contributed by atoms with E-state index >= 15 is 0 Å². The Kier molecular flexibility index (Phi) is 9.55. The summed E-state index contributed by atoms with van der Waals surface area (Å²) in [5.74, 6) is -0.218. The van der Waals surface area contributed by atoms with Crippen LogP contribution in [0.3, 0.4) is 0 Å². The number of rotatable bonds is 11. The van der Waals surface area contributed by atoms with Crippen LogP contribution in [0.15, 0.2) is 48.5 Å². The zero-order valence-electron chi connectivity index (χ0n) is 19.2. The highest BCUT2D eigenvalue weighted by molar-refractivity contribution is 7.92. The molecule has 0 heterocycles. The number of hydrogen-bond acceptors (Lipinski definition) is 5. The number of sulfonamides is 1. The highest BCUT2D eigenvalue weighted by Gasteiger charge is 2.30. The van der Waals surface area contributed by atoms with E-state index in [0.717, 1.165) is 22.5 Å². The molecule has 0 radical (unpaired) electrons. The fraction of sp³-hybridized carbons (Fsp3) is 0.391. The van der Waals surface area contributed by atoms with Crippen molar-refractivity contribution in [3.8, 4) is 5.75 Å². The van der Waals surface area contributed by atoms with Gasteiger partial charge in [0.1, 0.15) is 18.3 Å². The van der Waals surface area contributed by atoms with Crippen molar-refractivity contribution < 1.29 is 22.7 Å². The van der Waals surface area contributed by atoms with Gasteiger partial charge in [0.05, 0.1) is 19.1 Å². The van der Waals surface area contributed by atoms with Gasteiger partial charge in [0, 0.05) is 18.1 Å². The Hall–Kier alpha value is -2.78. The van der Waals surface area contributed by atoms with Crippen molar-refractivity contribution in [1.29, 1.82) is 0 Å². The molecule has 2 rings (SSSR count). The van der Waals surface area contributed by atoms with Crippen LogP contribution < -0.4 is 14.4 Å². The molecule has 10 heteroatoms. The number of carbonyl (C=O) groups excluding carboxylic acids is 2. The van der Waals surface area contributed by atoms with E-state index in [1.807, 2.05) is 13.0 Å². The Bertz CT molecular complexity index is 1060. The van der Waals surface area contributed by atoms with E-state index in [-0.39, 0.29) is 12.5 Å². The first-order valence-electron chi connectivity index (χ1n) is 10.5. The maximum Gasteiger partial charge on any atom is 0.244 e. The van der Waals surface area contributed by atoms with E-state index in [9.17, 15) is 18.0 Å². The summed E-state index contributed by atoms with van der Waals surface area (Å²) in [6.45, 7) is 3.67. The second-order valence-electron chi connectivity index (χ2n) is 7.59. The number of halogens is 1. The molecule has 0 bridgehead atoms. The van der Waals surface area contributed by atoms with Crippen LogP contribution >= 0.6 is 11.6 Å². The molecule has 0 aliphatic heterocycles. The Morgan fingerprint density at radius 3 is 2.39 bits per heavy atom. The maximum absolute atomic E-state index is 13.4. The number of nitrogens with one attached hydrogen (secondary N) is 1. The van der Waals surface area contributed by atoms with Crippen molar-refractivity contribution in [2.45, 2.75) is 32.9 Å². The largest absolute Gasteiger partial charge is 0.497 e. The van der Waals surface area contributed by atoms with Gasteiger partial charge in [-0.05, 0) is 55.3 Å². The molecule has 1 atom stereocenters. The number of methoxy groups -OCH3 is 1. The molecular weight excluding hydrogens is 466 g/mol. The number of carbonyl (C=O) groups is 2. The van der Waals surface area contributed by atoms with Crippen LogP contribution in [0, 0.1) is 0 Å².